The van der Waals surface area contributed by atoms with Crippen LogP contribution >= 0.6 is 11.6 Å². The van der Waals surface area contributed by atoms with E-state index in [9.17, 15) is 13.6 Å². The van der Waals surface area contributed by atoms with Gasteiger partial charge in [0, 0.05) is 51.3 Å². The highest BCUT2D eigenvalue weighted by molar-refractivity contribution is 6.32. The lowest BCUT2D eigenvalue weighted by atomic mass is 10.1. The Morgan fingerprint density at radius 3 is 2.12 bits per heavy atom. The molecule has 0 atom stereocenters. The first-order valence-corrected chi connectivity index (χ1v) is 17.1. The van der Waals surface area contributed by atoms with Crippen LogP contribution in [0.4, 0.5) is 8.78 Å². The Hall–Kier alpha value is -5.25. The first-order valence-electron chi connectivity index (χ1n) is 16.7. The summed E-state index contributed by atoms with van der Waals surface area (Å²) < 4.78 is 43.6. The monoisotopic (exact) mass is 709 g/mol. The van der Waals surface area contributed by atoms with Gasteiger partial charge in [0.25, 0.3) is 0 Å². The van der Waals surface area contributed by atoms with Crippen LogP contribution in [-0.4, -0.2) is 53.5 Å². The van der Waals surface area contributed by atoms with Crippen LogP contribution in [0.1, 0.15) is 27.8 Å². The molecule has 0 bridgehead atoms. The number of rotatable bonds is 13. The van der Waals surface area contributed by atoms with E-state index in [1.54, 1.807) is 60.8 Å². The van der Waals surface area contributed by atoms with Crippen LogP contribution in [0.3, 0.4) is 0 Å². The molecule has 1 fully saturated rings. The van der Waals surface area contributed by atoms with Gasteiger partial charge in [0.15, 0.2) is 5.75 Å². The minimum atomic E-state index is -0.292. The average molecular weight is 710 g/mol. The van der Waals surface area contributed by atoms with Gasteiger partial charge in [0.2, 0.25) is 11.8 Å². The molecule has 1 aliphatic rings. The predicted octanol–water partition coefficient (Wildman–Crippen LogP) is 8.67. The number of halogens is 3. The molecule has 262 valence electrons. The number of ether oxygens (including phenoxy) is 3. The number of benzene rings is 4. The fourth-order valence-electron chi connectivity index (χ4n) is 5.63. The van der Waals surface area contributed by atoms with Gasteiger partial charge < -0.3 is 19.1 Å². The maximum atomic E-state index is 13.1. The highest BCUT2D eigenvalue weighted by Gasteiger charge is 2.20. The second kappa shape index (κ2) is 17.1. The van der Waals surface area contributed by atoms with Crippen molar-refractivity contribution in [2.45, 2.75) is 26.5 Å². The fraction of sp³-hybridized carbons (Fsp3) is 0.220. The third-order valence-electron chi connectivity index (χ3n) is 8.49. The van der Waals surface area contributed by atoms with Crippen molar-refractivity contribution < 1.29 is 27.8 Å². The maximum absolute atomic E-state index is 13.1. The molecule has 7 nitrogen and oxygen atoms in total. The van der Waals surface area contributed by atoms with Gasteiger partial charge in [-0.05, 0) is 95.4 Å². The molecular formula is C41H38ClF2N3O4. The van der Waals surface area contributed by atoms with E-state index in [0.717, 1.165) is 42.7 Å². The molecule has 0 saturated carbocycles. The van der Waals surface area contributed by atoms with E-state index >= 15 is 0 Å². The highest BCUT2D eigenvalue weighted by Crippen LogP contribution is 2.34. The van der Waals surface area contributed by atoms with Gasteiger partial charge in [0.1, 0.15) is 29.7 Å². The largest absolute Gasteiger partial charge is 0.493 e. The first-order chi connectivity index (χ1) is 24.8. The average Bonchev–Trinajstić information content (AvgIpc) is 3.14. The van der Waals surface area contributed by atoms with Crippen LogP contribution in [0.2, 0.25) is 5.02 Å². The number of aromatic nitrogens is 1. The smallest absolute Gasteiger partial charge is 0.246 e. The van der Waals surface area contributed by atoms with E-state index in [4.69, 9.17) is 25.8 Å². The number of amides is 1. The van der Waals surface area contributed by atoms with Crippen molar-refractivity contribution in [1.29, 1.82) is 0 Å². The van der Waals surface area contributed by atoms with Gasteiger partial charge >= 0.3 is 0 Å². The fourth-order valence-corrected chi connectivity index (χ4v) is 5.95. The Kier molecular flexibility index (Phi) is 11.9. The van der Waals surface area contributed by atoms with Crippen molar-refractivity contribution in [1.82, 2.24) is 14.8 Å². The first kappa shape index (κ1) is 35.6. The van der Waals surface area contributed by atoms with Crippen molar-refractivity contribution in [2.24, 2.45) is 0 Å². The number of pyridine rings is 1. The summed E-state index contributed by atoms with van der Waals surface area (Å²) in [7, 11) is 0. The molecule has 2 heterocycles. The summed E-state index contributed by atoms with van der Waals surface area (Å²) in [5.41, 5.74) is 4.83. The standard InChI is InChI=1S/C41H38ClF2N3O4/c1-29-24-33(25-38(42)41(29)51-39-16-15-37(26-45-39)50-28-32-6-9-34(43)10-7-32)8-17-40(48)47-21-19-46(20-22-47)27-31-4-2-30(3-5-31)18-23-49-36-13-11-35(44)12-14-36/h2-17,24-26H,18-23,27-28H2,1H3/b17-8+. The van der Waals surface area contributed by atoms with Crippen molar-refractivity contribution in [3.8, 4) is 23.1 Å². The summed E-state index contributed by atoms with van der Waals surface area (Å²) >= 11 is 6.59. The third-order valence-corrected chi connectivity index (χ3v) is 8.77. The molecule has 0 unspecified atom stereocenters. The summed E-state index contributed by atoms with van der Waals surface area (Å²) in [6.45, 7) is 6.40. The molecule has 10 heteroatoms. The lowest BCUT2D eigenvalue weighted by Crippen LogP contribution is -2.47. The summed E-state index contributed by atoms with van der Waals surface area (Å²) in [5, 5.41) is 0.403. The van der Waals surface area contributed by atoms with E-state index in [-0.39, 0.29) is 24.1 Å². The molecule has 5 aromatic rings. The molecule has 0 aliphatic carbocycles. The summed E-state index contributed by atoms with van der Waals surface area (Å²) in [4.78, 5) is 21.6. The van der Waals surface area contributed by atoms with Gasteiger partial charge in [-0.3, -0.25) is 9.69 Å². The van der Waals surface area contributed by atoms with E-state index in [1.807, 2.05) is 17.9 Å². The van der Waals surface area contributed by atoms with E-state index in [0.29, 0.717) is 47.8 Å². The molecule has 1 aromatic heterocycles. The van der Waals surface area contributed by atoms with Crippen LogP contribution in [0.25, 0.3) is 6.08 Å². The topological polar surface area (TPSA) is 64.1 Å². The number of nitrogens with zero attached hydrogens (tertiary/aromatic N) is 3. The van der Waals surface area contributed by atoms with Gasteiger partial charge in [0.05, 0.1) is 17.8 Å². The van der Waals surface area contributed by atoms with Crippen molar-refractivity contribution in [3.05, 3.63) is 154 Å². The Balaban J connectivity index is 0.931. The summed E-state index contributed by atoms with van der Waals surface area (Å²) in [6, 6.07) is 27.8. The number of hydrogen-bond donors (Lipinski definition) is 0. The van der Waals surface area contributed by atoms with Gasteiger partial charge in [-0.25, -0.2) is 13.8 Å². The molecule has 51 heavy (non-hydrogen) atoms. The van der Waals surface area contributed by atoms with E-state index in [1.165, 1.54) is 35.4 Å². The molecule has 0 N–H and O–H groups in total. The van der Waals surface area contributed by atoms with Gasteiger partial charge in [-0.1, -0.05) is 48.0 Å². The lowest BCUT2D eigenvalue weighted by Gasteiger charge is -2.34. The highest BCUT2D eigenvalue weighted by atomic mass is 35.5. The Morgan fingerprint density at radius 1 is 0.804 bits per heavy atom. The van der Waals surface area contributed by atoms with Crippen LogP contribution in [0.15, 0.2) is 109 Å². The number of carbonyl (C=O) groups excluding carboxylic acids is 1. The lowest BCUT2D eigenvalue weighted by molar-refractivity contribution is -0.127. The molecule has 0 radical (unpaired) electrons. The van der Waals surface area contributed by atoms with Crippen LogP contribution in [0, 0.1) is 18.6 Å². The second-order valence-electron chi connectivity index (χ2n) is 12.3. The van der Waals surface area contributed by atoms with Crippen LogP contribution in [0.5, 0.6) is 23.1 Å². The van der Waals surface area contributed by atoms with Crippen molar-refractivity contribution >= 4 is 23.6 Å². The zero-order valence-corrected chi connectivity index (χ0v) is 29.0. The summed E-state index contributed by atoms with van der Waals surface area (Å²) in [5.74, 6) is 1.44. The normalized spacial score (nSPS) is 13.4. The van der Waals surface area contributed by atoms with Crippen molar-refractivity contribution in [2.75, 3.05) is 32.8 Å². The van der Waals surface area contributed by atoms with E-state index in [2.05, 4.69) is 34.1 Å². The molecule has 1 amide bonds. The van der Waals surface area contributed by atoms with Crippen LogP contribution in [-0.2, 0) is 24.4 Å². The quantitative estimate of drug-likeness (QED) is 0.114. The number of piperazine rings is 1. The van der Waals surface area contributed by atoms with Crippen LogP contribution < -0.4 is 14.2 Å². The minimum Gasteiger partial charge on any atom is -0.493 e. The summed E-state index contributed by atoms with van der Waals surface area (Å²) in [6.07, 6.45) is 5.68. The number of aryl methyl sites for hydroxylation is 1. The molecular weight excluding hydrogens is 672 g/mol. The van der Waals surface area contributed by atoms with Crippen molar-refractivity contribution in [3.63, 3.8) is 0 Å². The number of carbonyl (C=O) groups is 1. The molecule has 6 rings (SSSR count). The maximum Gasteiger partial charge on any atom is 0.246 e. The molecule has 1 aliphatic heterocycles. The Morgan fingerprint density at radius 2 is 1.45 bits per heavy atom. The predicted molar refractivity (Wildman–Crippen MR) is 194 cm³/mol. The number of hydrogen-bond acceptors (Lipinski definition) is 6. The van der Waals surface area contributed by atoms with Gasteiger partial charge in [-0.2, -0.15) is 0 Å². The Bertz CT molecular complexity index is 1910. The SMILES string of the molecule is Cc1cc(/C=C/C(=O)N2CCN(Cc3ccc(CCOc4ccc(F)cc4)cc3)CC2)cc(Cl)c1Oc1ccc(OCc2ccc(F)cc2)cn1. The Labute approximate surface area is 301 Å². The van der Waals surface area contributed by atoms with Gasteiger partial charge in [-0.15, -0.1) is 0 Å². The van der Waals surface area contributed by atoms with E-state index < -0.39 is 0 Å². The molecule has 1 saturated heterocycles. The second-order valence-corrected chi connectivity index (χ2v) is 12.7. The minimum absolute atomic E-state index is 0.0399. The molecule has 0 spiro atoms. The molecule has 4 aromatic carbocycles. The zero-order valence-electron chi connectivity index (χ0n) is 28.2. The zero-order chi connectivity index (χ0) is 35.6. The third kappa shape index (κ3) is 10.4.